The molecule has 0 fully saturated rings. The number of rotatable bonds is 10. The maximum Gasteiger partial charge on any atom is 4.00 e. The molecule has 1 aliphatic rings. The van der Waals surface area contributed by atoms with Crippen LogP contribution >= 0.6 is 0 Å². The van der Waals surface area contributed by atoms with Crippen LogP contribution in [-0.4, -0.2) is 9.55 Å². The van der Waals surface area contributed by atoms with Crippen molar-refractivity contribution in [3.8, 4) is 28.4 Å². The number of aromatic nitrogens is 2. The number of benzene rings is 7. The summed E-state index contributed by atoms with van der Waals surface area (Å²) in [6.45, 7) is 29.5. The second-order valence-corrected chi connectivity index (χ2v) is 22.3. The number of hydrogen-bond acceptors (Lipinski definition) is 4. The molecule has 6 heteroatoms. The number of anilines is 4. The molecule has 1 aliphatic heterocycles. The summed E-state index contributed by atoms with van der Waals surface area (Å²) in [6.07, 6.45) is 1.91. The summed E-state index contributed by atoms with van der Waals surface area (Å²) in [4.78, 5) is 9.55. The number of ether oxygens (including phenoxy) is 1. The van der Waals surface area contributed by atoms with Gasteiger partial charge in [-0.05, 0) is 109 Å². The van der Waals surface area contributed by atoms with Crippen molar-refractivity contribution in [1.29, 1.82) is 0 Å². The largest absolute Gasteiger partial charge is 4.00 e. The second kappa shape index (κ2) is 19.9. The Labute approximate surface area is 444 Å². The molecular formula is C66H68N4OPt. The molecule has 0 unspecified atom stereocenters. The van der Waals surface area contributed by atoms with Crippen molar-refractivity contribution in [2.45, 2.75) is 111 Å². The van der Waals surface area contributed by atoms with Gasteiger partial charge in [-0.3, -0.25) is 0 Å². The van der Waals surface area contributed by atoms with Crippen LogP contribution in [0.4, 0.5) is 22.7 Å². The molecule has 2 aromatic heterocycles. The Morgan fingerprint density at radius 3 is 1.90 bits per heavy atom. The predicted molar refractivity (Wildman–Crippen MR) is 300 cm³/mol. The maximum absolute atomic E-state index is 6.93. The van der Waals surface area contributed by atoms with Gasteiger partial charge in [-0.25, -0.2) is 4.98 Å². The Balaban J connectivity index is 0.00000347. The van der Waals surface area contributed by atoms with E-state index in [0.717, 1.165) is 55.9 Å². The summed E-state index contributed by atoms with van der Waals surface area (Å²) in [6, 6.07) is 62.5. The van der Waals surface area contributed by atoms with Crippen molar-refractivity contribution in [3.05, 3.63) is 217 Å². The first kappa shape index (κ1) is 51.9. The van der Waals surface area contributed by atoms with Gasteiger partial charge < -0.3 is 26.5 Å². The van der Waals surface area contributed by atoms with Crippen LogP contribution in [0.5, 0.6) is 11.5 Å². The first-order valence-corrected chi connectivity index (χ1v) is 24.9. The van der Waals surface area contributed by atoms with E-state index in [1.165, 1.54) is 38.9 Å². The maximum atomic E-state index is 6.93. The third-order valence-corrected chi connectivity index (χ3v) is 14.3. The standard InChI is InChI=1S/C65H65N4O.CH3.Pt/c1-42(2)53-25-19-26-54(43(3)4)62(53)44-28-31-58-60(34-44)67(49-23-18-22-47(35-49)65(11,12)45-20-14-13-15-21-45)41-68(58)50-36-48(64(8,9)10)37-52(39-50)70-51-29-30-56-55-24-16-17-27-57(55)69(59(56)40-51)61-38-46(32-33-66-61)63(5,6)7;;/h13-38,41-43H,1-12H3;1H3;/q-3;-1;+4. The van der Waals surface area contributed by atoms with Gasteiger partial charge in [0.2, 0.25) is 0 Å². The van der Waals surface area contributed by atoms with E-state index < -0.39 is 0 Å². The topological polar surface area (TPSA) is 33.5 Å². The Morgan fingerprint density at radius 2 is 1.21 bits per heavy atom. The second-order valence-electron chi connectivity index (χ2n) is 22.3. The first-order chi connectivity index (χ1) is 33.4. The Kier molecular flexibility index (Phi) is 14.3. The molecule has 3 heterocycles. The SMILES string of the molecule is CC(C)c1cccc(C(C)C)c1-c1ccc2c(c1)N(c1cccc(C(C)(C)c3ccccc3)c1)[CH-]N2c1[c-]c(Oc2[c-]c3c(cc2)c2ccccc2n3-c2cc(C(C)(C)C)ccn2)cc(C(C)(C)C)c1.[CH3-].[Pt+4]. The minimum absolute atomic E-state index is 0. The molecule has 0 saturated heterocycles. The minimum Gasteiger partial charge on any atom is -0.509 e. The number of nitrogens with zero attached hydrogens (tertiary/aromatic N) is 4. The van der Waals surface area contributed by atoms with E-state index in [-0.39, 0.29) is 44.7 Å². The predicted octanol–water partition coefficient (Wildman–Crippen LogP) is 18.3. The normalized spacial score (nSPS) is 12.9. The van der Waals surface area contributed by atoms with Gasteiger partial charge in [0.1, 0.15) is 5.82 Å². The molecule has 0 aliphatic carbocycles. The molecule has 368 valence electrons. The zero-order valence-corrected chi connectivity index (χ0v) is 46.5. The van der Waals surface area contributed by atoms with E-state index in [2.05, 4.69) is 262 Å². The quantitative estimate of drug-likeness (QED) is 0.128. The van der Waals surface area contributed by atoms with Crippen molar-refractivity contribution in [2.24, 2.45) is 0 Å². The molecule has 0 N–H and O–H groups in total. The summed E-state index contributed by atoms with van der Waals surface area (Å²) in [5.41, 5.74) is 15.8. The van der Waals surface area contributed by atoms with Gasteiger partial charge in [0.25, 0.3) is 0 Å². The molecule has 72 heavy (non-hydrogen) atoms. The molecule has 0 bridgehead atoms. The van der Waals surface area contributed by atoms with Crippen molar-refractivity contribution < 1.29 is 25.8 Å². The molecule has 9 aromatic rings. The molecule has 5 nitrogen and oxygen atoms in total. The van der Waals surface area contributed by atoms with Crippen molar-refractivity contribution in [3.63, 3.8) is 0 Å². The molecule has 0 amide bonds. The van der Waals surface area contributed by atoms with Crippen molar-refractivity contribution in [1.82, 2.24) is 9.55 Å². The fourth-order valence-electron chi connectivity index (χ4n) is 10.1. The fourth-order valence-corrected chi connectivity index (χ4v) is 10.1. The van der Waals surface area contributed by atoms with Gasteiger partial charge in [0, 0.05) is 45.7 Å². The number of pyridine rings is 1. The first-order valence-electron chi connectivity index (χ1n) is 24.9. The third-order valence-electron chi connectivity index (χ3n) is 14.3. The van der Waals surface area contributed by atoms with Crippen LogP contribution in [0.15, 0.2) is 158 Å². The van der Waals surface area contributed by atoms with Gasteiger partial charge in [0.15, 0.2) is 0 Å². The Hall–Kier alpha value is -6.42. The average Bonchev–Trinajstić information content (AvgIpc) is 3.89. The Morgan fingerprint density at radius 1 is 0.542 bits per heavy atom. The summed E-state index contributed by atoms with van der Waals surface area (Å²) >= 11 is 0. The summed E-state index contributed by atoms with van der Waals surface area (Å²) in [5.74, 6) is 2.82. The van der Waals surface area contributed by atoms with Crippen LogP contribution in [0.25, 0.3) is 38.8 Å². The van der Waals surface area contributed by atoms with Gasteiger partial charge in [-0.15, -0.1) is 53.6 Å². The van der Waals surface area contributed by atoms with Crippen molar-refractivity contribution in [2.75, 3.05) is 9.80 Å². The molecule has 10 rings (SSSR count). The summed E-state index contributed by atoms with van der Waals surface area (Å²) in [7, 11) is 0. The van der Waals surface area contributed by atoms with E-state index in [9.17, 15) is 0 Å². The monoisotopic (exact) mass is 1130 g/mol. The van der Waals surface area contributed by atoms with E-state index in [4.69, 9.17) is 9.72 Å². The van der Waals surface area contributed by atoms with Gasteiger partial charge in [0.05, 0.1) is 0 Å². The van der Waals surface area contributed by atoms with Crippen LogP contribution in [0.1, 0.15) is 128 Å². The third kappa shape index (κ3) is 9.66. The molecule has 0 atom stereocenters. The summed E-state index contributed by atoms with van der Waals surface area (Å²) in [5, 5.41) is 2.24. The average molecular weight is 1130 g/mol. The zero-order valence-electron chi connectivity index (χ0n) is 44.3. The van der Waals surface area contributed by atoms with Crippen LogP contribution in [0.2, 0.25) is 0 Å². The van der Waals surface area contributed by atoms with E-state index in [1.54, 1.807) is 0 Å². The van der Waals surface area contributed by atoms with Crippen LogP contribution in [0, 0.1) is 26.2 Å². The van der Waals surface area contributed by atoms with E-state index >= 15 is 0 Å². The van der Waals surface area contributed by atoms with Gasteiger partial charge in [-0.1, -0.05) is 174 Å². The van der Waals surface area contributed by atoms with Crippen LogP contribution in [0.3, 0.4) is 0 Å². The molecule has 0 saturated carbocycles. The number of para-hydroxylation sites is 1. The van der Waals surface area contributed by atoms with Gasteiger partial charge in [-0.2, -0.15) is 6.07 Å². The zero-order chi connectivity index (χ0) is 49.3. The smallest absolute Gasteiger partial charge is 0.509 e. The van der Waals surface area contributed by atoms with E-state index in [1.807, 2.05) is 12.3 Å². The van der Waals surface area contributed by atoms with Crippen LogP contribution < -0.4 is 14.5 Å². The Bertz CT molecular complexity index is 3380. The fraction of sp³-hybridized carbons (Fsp3) is 0.258. The molecular weight excluding hydrogens is 1060 g/mol. The minimum atomic E-state index is -0.216. The number of fused-ring (bicyclic) bond motifs is 4. The van der Waals surface area contributed by atoms with Gasteiger partial charge >= 0.3 is 21.1 Å². The van der Waals surface area contributed by atoms with Crippen molar-refractivity contribution >= 4 is 44.6 Å². The molecule has 7 aromatic carbocycles. The summed E-state index contributed by atoms with van der Waals surface area (Å²) < 4.78 is 9.15. The molecule has 0 radical (unpaired) electrons. The van der Waals surface area contributed by atoms with E-state index in [0.29, 0.717) is 23.3 Å². The number of hydrogen-bond donors (Lipinski definition) is 0. The van der Waals surface area contributed by atoms with Crippen LogP contribution in [-0.2, 0) is 37.3 Å². The molecule has 0 spiro atoms.